The number of furan rings is 1. The molecule has 0 saturated carbocycles. The maximum Gasteiger partial charge on any atom is 0.222 e. The van der Waals surface area contributed by atoms with Gasteiger partial charge in [-0.15, -0.1) is 0 Å². The highest BCUT2D eigenvalue weighted by Crippen LogP contribution is 2.23. The molecule has 0 saturated heterocycles. The van der Waals surface area contributed by atoms with Crippen LogP contribution in [-0.2, 0) is 14.3 Å². The summed E-state index contributed by atoms with van der Waals surface area (Å²) in [7, 11) is 1.62. The molecule has 1 N–H and O–H groups in total. The third-order valence-corrected chi connectivity index (χ3v) is 3.15. The first-order valence-electron chi connectivity index (χ1n) is 7.05. The standard InChI is InChI=1S/C16H21NO4/c1-12(17-16(18)7-8-20-10-9-19-2)15-11-13-5-3-4-6-14(13)21-15/h3-6,11-12H,7-10H2,1-2H3,(H,17,18). The molecule has 21 heavy (non-hydrogen) atoms. The Labute approximate surface area is 124 Å². The van der Waals surface area contributed by atoms with Gasteiger partial charge in [-0.25, -0.2) is 0 Å². The van der Waals surface area contributed by atoms with Crippen LogP contribution in [0.2, 0.25) is 0 Å². The summed E-state index contributed by atoms with van der Waals surface area (Å²) in [5.41, 5.74) is 0.830. The van der Waals surface area contributed by atoms with Crippen molar-refractivity contribution in [3.8, 4) is 0 Å². The van der Waals surface area contributed by atoms with E-state index in [0.29, 0.717) is 26.2 Å². The van der Waals surface area contributed by atoms with Crippen molar-refractivity contribution in [3.05, 3.63) is 36.1 Å². The molecule has 0 bridgehead atoms. The third-order valence-electron chi connectivity index (χ3n) is 3.15. The number of amides is 1. The number of nitrogens with one attached hydrogen (secondary N) is 1. The topological polar surface area (TPSA) is 60.7 Å². The Kier molecular flexibility index (Phi) is 5.78. The Hall–Kier alpha value is -1.85. The third kappa shape index (κ3) is 4.58. The Morgan fingerprint density at radius 1 is 1.29 bits per heavy atom. The second-order valence-corrected chi connectivity index (χ2v) is 4.83. The van der Waals surface area contributed by atoms with Crippen molar-refractivity contribution in [2.45, 2.75) is 19.4 Å². The zero-order valence-corrected chi connectivity index (χ0v) is 12.4. The van der Waals surface area contributed by atoms with E-state index >= 15 is 0 Å². The highest BCUT2D eigenvalue weighted by molar-refractivity contribution is 5.79. The molecule has 1 aromatic carbocycles. The number of fused-ring (bicyclic) bond motifs is 1. The van der Waals surface area contributed by atoms with Gasteiger partial charge in [0.15, 0.2) is 0 Å². The predicted molar refractivity (Wildman–Crippen MR) is 80.1 cm³/mol. The lowest BCUT2D eigenvalue weighted by Crippen LogP contribution is -2.27. The number of hydrogen-bond donors (Lipinski definition) is 1. The van der Waals surface area contributed by atoms with Gasteiger partial charge in [-0.3, -0.25) is 4.79 Å². The quantitative estimate of drug-likeness (QED) is 0.760. The summed E-state index contributed by atoms with van der Waals surface area (Å²) in [6, 6.07) is 9.58. The number of rotatable bonds is 8. The molecule has 2 aromatic rings. The van der Waals surface area contributed by atoms with Crippen LogP contribution in [0, 0.1) is 0 Å². The van der Waals surface area contributed by atoms with E-state index in [4.69, 9.17) is 13.9 Å². The number of para-hydroxylation sites is 1. The SMILES string of the molecule is COCCOCCC(=O)NC(C)c1cc2ccccc2o1. The Balaban J connectivity index is 1.80. The largest absolute Gasteiger partial charge is 0.459 e. The molecule has 0 spiro atoms. The second-order valence-electron chi connectivity index (χ2n) is 4.83. The van der Waals surface area contributed by atoms with Gasteiger partial charge in [0.25, 0.3) is 0 Å². The first-order valence-corrected chi connectivity index (χ1v) is 7.05. The fraction of sp³-hybridized carbons (Fsp3) is 0.438. The Morgan fingerprint density at radius 2 is 2.10 bits per heavy atom. The Morgan fingerprint density at radius 3 is 2.86 bits per heavy atom. The molecule has 0 radical (unpaired) electrons. The van der Waals surface area contributed by atoms with Crippen LogP contribution in [0.1, 0.15) is 25.1 Å². The average molecular weight is 291 g/mol. The highest BCUT2D eigenvalue weighted by atomic mass is 16.5. The molecule has 0 fully saturated rings. The molecule has 1 atom stereocenters. The summed E-state index contributed by atoms with van der Waals surface area (Å²) < 4.78 is 15.9. The van der Waals surface area contributed by atoms with Crippen LogP contribution < -0.4 is 5.32 Å². The minimum absolute atomic E-state index is 0.0552. The molecule has 1 heterocycles. The number of carbonyl (C=O) groups excluding carboxylic acids is 1. The van der Waals surface area contributed by atoms with Crippen molar-refractivity contribution >= 4 is 16.9 Å². The van der Waals surface area contributed by atoms with E-state index in [1.807, 2.05) is 37.3 Å². The molecule has 114 valence electrons. The van der Waals surface area contributed by atoms with Gasteiger partial charge in [0, 0.05) is 18.9 Å². The smallest absolute Gasteiger partial charge is 0.222 e. The van der Waals surface area contributed by atoms with Gasteiger partial charge in [0.1, 0.15) is 11.3 Å². The average Bonchev–Trinajstić information content (AvgIpc) is 2.91. The van der Waals surface area contributed by atoms with Gasteiger partial charge in [0.2, 0.25) is 5.91 Å². The van der Waals surface area contributed by atoms with Crippen LogP contribution in [0.3, 0.4) is 0 Å². The molecule has 0 aliphatic heterocycles. The van der Waals surface area contributed by atoms with Gasteiger partial charge in [-0.2, -0.15) is 0 Å². The molecule has 5 heteroatoms. The van der Waals surface area contributed by atoms with Crippen molar-refractivity contribution in [2.75, 3.05) is 26.9 Å². The monoisotopic (exact) mass is 291 g/mol. The second kappa shape index (κ2) is 7.81. The number of carbonyl (C=O) groups is 1. The zero-order chi connectivity index (χ0) is 15.1. The van der Waals surface area contributed by atoms with E-state index in [2.05, 4.69) is 5.32 Å². The van der Waals surface area contributed by atoms with Crippen LogP contribution in [0.5, 0.6) is 0 Å². The van der Waals surface area contributed by atoms with Crippen molar-refractivity contribution in [2.24, 2.45) is 0 Å². The van der Waals surface area contributed by atoms with E-state index in [-0.39, 0.29) is 11.9 Å². The molecule has 0 aliphatic rings. The summed E-state index contributed by atoms with van der Waals surface area (Å²) in [6.07, 6.45) is 0.328. The summed E-state index contributed by atoms with van der Waals surface area (Å²) >= 11 is 0. The van der Waals surface area contributed by atoms with Crippen molar-refractivity contribution in [1.82, 2.24) is 5.32 Å². The fourth-order valence-corrected chi connectivity index (χ4v) is 2.01. The number of hydrogen-bond acceptors (Lipinski definition) is 4. The van der Waals surface area contributed by atoms with Gasteiger partial charge >= 0.3 is 0 Å². The summed E-state index contributed by atoms with van der Waals surface area (Å²) in [6.45, 7) is 3.34. The predicted octanol–water partition coefficient (Wildman–Crippen LogP) is 2.66. The highest BCUT2D eigenvalue weighted by Gasteiger charge is 2.13. The maximum absolute atomic E-state index is 11.8. The zero-order valence-electron chi connectivity index (χ0n) is 12.4. The van der Waals surface area contributed by atoms with E-state index in [1.54, 1.807) is 7.11 Å². The molecular weight excluding hydrogens is 270 g/mol. The molecule has 0 aliphatic carbocycles. The van der Waals surface area contributed by atoms with Gasteiger partial charge < -0.3 is 19.2 Å². The molecular formula is C16H21NO4. The molecule has 1 unspecified atom stereocenters. The van der Waals surface area contributed by atoms with Crippen molar-refractivity contribution < 1.29 is 18.7 Å². The van der Waals surface area contributed by atoms with Crippen LogP contribution >= 0.6 is 0 Å². The first kappa shape index (κ1) is 15.5. The van der Waals surface area contributed by atoms with Crippen molar-refractivity contribution in [3.63, 3.8) is 0 Å². The normalized spacial score (nSPS) is 12.5. The first-order chi connectivity index (χ1) is 10.2. The van der Waals surface area contributed by atoms with Crippen LogP contribution in [-0.4, -0.2) is 32.8 Å². The van der Waals surface area contributed by atoms with Gasteiger partial charge in [-0.05, 0) is 19.1 Å². The lowest BCUT2D eigenvalue weighted by Gasteiger charge is -2.11. The molecule has 2 rings (SSSR count). The van der Waals surface area contributed by atoms with E-state index in [9.17, 15) is 4.79 Å². The number of benzene rings is 1. The van der Waals surface area contributed by atoms with Gasteiger partial charge in [0.05, 0.1) is 25.9 Å². The van der Waals surface area contributed by atoms with Crippen LogP contribution in [0.15, 0.2) is 34.7 Å². The lowest BCUT2D eigenvalue weighted by atomic mass is 10.2. The molecule has 1 amide bonds. The fourth-order valence-electron chi connectivity index (χ4n) is 2.01. The van der Waals surface area contributed by atoms with E-state index in [1.165, 1.54) is 0 Å². The molecule has 5 nitrogen and oxygen atoms in total. The Bertz CT molecular complexity index is 545. The van der Waals surface area contributed by atoms with Crippen LogP contribution in [0.25, 0.3) is 11.0 Å². The lowest BCUT2D eigenvalue weighted by molar-refractivity contribution is -0.123. The molecule has 1 aromatic heterocycles. The summed E-state index contributed by atoms with van der Waals surface area (Å²) in [5.74, 6) is 0.699. The van der Waals surface area contributed by atoms with Gasteiger partial charge in [-0.1, -0.05) is 18.2 Å². The summed E-state index contributed by atoms with van der Waals surface area (Å²) in [5, 5.41) is 3.94. The van der Waals surface area contributed by atoms with E-state index in [0.717, 1.165) is 16.7 Å². The minimum atomic E-state index is -0.163. The van der Waals surface area contributed by atoms with E-state index < -0.39 is 0 Å². The maximum atomic E-state index is 11.8. The summed E-state index contributed by atoms with van der Waals surface area (Å²) in [4.78, 5) is 11.8. The van der Waals surface area contributed by atoms with Crippen molar-refractivity contribution in [1.29, 1.82) is 0 Å². The van der Waals surface area contributed by atoms with Crippen LogP contribution in [0.4, 0.5) is 0 Å². The minimum Gasteiger partial charge on any atom is -0.459 e. The number of methoxy groups -OCH3 is 1. The number of ether oxygens (including phenoxy) is 2.